The fraction of sp³-hybridized carbons (Fsp3) is 1.00. The molecule has 0 atom stereocenters. The van der Waals surface area contributed by atoms with Gasteiger partial charge < -0.3 is 0 Å². The van der Waals surface area contributed by atoms with E-state index in [0.717, 1.165) is 0 Å². The van der Waals surface area contributed by atoms with Gasteiger partial charge in [-0.2, -0.15) is 0 Å². The molecule has 0 N–H and O–H groups in total. The van der Waals surface area contributed by atoms with Gasteiger partial charge in [0.25, 0.3) is 0 Å². The molecule has 0 saturated heterocycles. The first-order chi connectivity index (χ1) is 2.41. The molecule has 32 valence electrons. The van der Waals surface area contributed by atoms with Crippen LogP contribution in [0.1, 0.15) is 13.8 Å². The van der Waals surface area contributed by atoms with Crippen LogP contribution in [0.4, 0.5) is 0 Å². The van der Waals surface area contributed by atoms with Crippen LogP contribution in [0.2, 0.25) is 8.94 Å². The van der Waals surface area contributed by atoms with Crippen molar-refractivity contribution < 1.29 is 0 Å². The molecule has 0 aliphatic heterocycles. The molecule has 0 aromatic heterocycles. The van der Waals surface area contributed by atoms with Gasteiger partial charge in [-0.1, -0.05) is 0 Å². The number of hydrogen-bond donors (Lipinski definition) is 0. The molecule has 0 radical (unpaired) electrons. The zero-order valence-corrected chi connectivity index (χ0v) is 6.15. The summed E-state index contributed by atoms with van der Waals surface area (Å²) in [5.41, 5.74) is 0. The Labute approximate surface area is 44.0 Å². The Bertz CT molecular complexity index is 11.1. The summed E-state index contributed by atoms with van der Waals surface area (Å²) in [4.78, 5) is 0. The molecule has 0 aliphatic carbocycles. The van der Waals surface area contributed by atoms with Gasteiger partial charge in [0.1, 0.15) is 0 Å². The summed E-state index contributed by atoms with van der Waals surface area (Å²) in [7, 11) is 0. The van der Waals surface area contributed by atoms with Gasteiger partial charge in [0, 0.05) is 0 Å². The second-order valence-corrected chi connectivity index (χ2v) is 5.24. The van der Waals surface area contributed by atoms with E-state index in [4.69, 9.17) is 0 Å². The van der Waals surface area contributed by atoms with E-state index in [9.17, 15) is 0 Å². The molecular formula is C4H10Te. The van der Waals surface area contributed by atoms with Crippen LogP contribution in [0.5, 0.6) is 0 Å². The van der Waals surface area contributed by atoms with Gasteiger partial charge in [-0.3, -0.25) is 0 Å². The van der Waals surface area contributed by atoms with E-state index >= 15 is 0 Å². The summed E-state index contributed by atoms with van der Waals surface area (Å²) in [5, 5.41) is 0. The maximum absolute atomic E-state index is 2.27. The van der Waals surface area contributed by atoms with Crippen LogP contribution in [0.15, 0.2) is 0 Å². The van der Waals surface area contributed by atoms with Crippen LogP contribution < -0.4 is 0 Å². The Kier molecular flexibility index (Phi) is 5.55. The summed E-state index contributed by atoms with van der Waals surface area (Å²) >= 11 is 0.493. The van der Waals surface area contributed by atoms with Crippen LogP contribution in [0.25, 0.3) is 0 Å². The number of hydrogen-bond acceptors (Lipinski definition) is 0. The van der Waals surface area contributed by atoms with Crippen molar-refractivity contribution in [2.45, 2.75) is 22.8 Å². The zero-order chi connectivity index (χ0) is 4.12. The van der Waals surface area contributed by atoms with E-state index in [0.29, 0.717) is 20.9 Å². The molecule has 1 heteroatoms. The van der Waals surface area contributed by atoms with Crippen molar-refractivity contribution >= 4 is 20.9 Å². The molecule has 0 fully saturated rings. The first-order valence-corrected chi connectivity index (χ1v) is 5.29. The summed E-state index contributed by atoms with van der Waals surface area (Å²) in [6.07, 6.45) is 0. The van der Waals surface area contributed by atoms with Gasteiger partial charge in [-0.15, -0.1) is 0 Å². The Morgan fingerprint density at radius 3 is 1.60 bits per heavy atom. The third-order valence-electron chi connectivity index (χ3n) is 0.408. The average molecular weight is 186 g/mol. The Balaban J connectivity index is 2.19. The fourth-order valence-electron chi connectivity index (χ4n) is 0.204. The first kappa shape index (κ1) is 5.79. The number of rotatable bonds is 2. The predicted octanol–water partition coefficient (Wildman–Crippen LogP) is 1.57. The molecule has 0 nitrogen and oxygen atoms in total. The van der Waals surface area contributed by atoms with Crippen LogP contribution in [-0.4, -0.2) is 20.9 Å². The molecular weight excluding hydrogens is 176 g/mol. The van der Waals surface area contributed by atoms with Gasteiger partial charge in [-0.25, -0.2) is 0 Å². The van der Waals surface area contributed by atoms with Crippen LogP contribution >= 0.6 is 0 Å². The summed E-state index contributed by atoms with van der Waals surface area (Å²) < 4.78 is 2.95. The molecule has 0 amide bonds. The predicted molar refractivity (Wildman–Crippen MR) is 26.7 cm³/mol. The molecule has 0 aromatic carbocycles. The van der Waals surface area contributed by atoms with E-state index in [1.165, 1.54) is 8.94 Å². The van der Waals surface area contributed by atoms with Gasteiger partial charge in [-0.05, 0) is 0 Å². The Hall–Kier alpha value is 0.790. The second kappa shape index (κ2) is 4.79. The SMILES string of the molecule is CC[Te]CC. The standard InChI is InChI=1S/C4H10Te/c1-3-5-4-2/h3-4H2,1-2H3. The topological polar surface area (TPSA) is 0 Å². The summed E-state index contributed by atoms with van der Waals surface area (Å²) in [5.74, 6) is 0. The van der Waals surface area contributed by atoms with Gasteiger partial charge in [0.15, 0.2) is 0 Å². The van der Waals surface area contributed by atoms with Crippen molar-refractivity contribution in [3.63, 3.8) is 0 Å². The molecule has 0 heterocycles. The molecule has 0 bridgehead atoms. The molecule has 5 heavy (non-hydrogen) atoms. The Morgan fingerprint density at radius 1 is 1.20 bits per heavy atom. The van der Waals surface area contributed by atoms with Gasteiger partial charge in [0.2, 0.25) is 0 Å². The van der Waals surface area contributed by atoms with E-state index in [2.05, 4.69) is 13.8 Å². The molecule has 0 aromatic rings. The molecule has 0 spiro atoms. The van der Waals surface area contributed by atoms with Gasteiger partial charge >= 0.3 is 43.7 Å². The molecule has 0 saturated carbocycles. The van der Waals surface area contributed by atoms with Crippen LogP contribution in [-0.2, 0) is 0 Å². The second-order valence-electron chi connectivity index (χ2n) is 0.781. The van der Waals surface area contributed by atoms with Crippen molar-refractivity contribution in [2.24, 2.45) is 0 Å². The summed E-state index contributed by atoms with van der Waals surface area (Å²) in [6, 6.07) is 0. The quantitative estimate of drug-likeness (QED) is 0.573. The fourth-order valence-corrected chi connectivity index (χ4v) is 1.37. The third kappa shape index (κ3) is 4.79. The van der Waals surface area contributed by atoms with Crippen molar-refractivity contribution in [3.8, 4) is 0 Å². The molecule has 0 aliphatic rings. The average Bonchev–Trinajstić information content (AvgIpc) is 1.41. The minimum atomic E-state index is 0.493. The maximum atomic E-state index is 2.27. The van der Waals surface area contributed by atoms with E-state index in [1.807, 2.05) is 0 Å². The normalized spacial score (nSPS) is 8.40. The zero-order valence-electron chi connectivity index (χ0n) is 3.82. The van der Waals surface area contributed by atoms with Crippen molar-refractivity contribution in [1.82, 2.24) is 0 Å². The van der Waals surface area contributed by atoms with E-state index < -0.39 is 0 Å². The van der Waals surface area contributed by atoms with E-state index in [-0.39, 0.29) is 0 Å². The van der Waals surface area contributed by atoms with Crippen LogP contribution in [0.3, 0.4) is 0 Å². The molecule has 0 unspecified atom stereocenters. The van der Waals surface area contributed by atoms with E-state index in [1.54, 1.807) is 0 Å². The van der Waals surface area contributed by atoms with Crippen LogP contribution in [0, 0.1) is 0 Å². The minimum absolute atomic E-state index is 0.493. The van der Waals surface area contributed by atoms with Crippen molar-refractivity contribution in [1.29, 1.82) is 0 Å². The van der Waals surface area contributed by atoms with Crippen molar-refractivity contribution in [2.75, 3.05) is 0 Å². The Morgan fingerprint density at radius 2 is 1.60 bits per heavy atom. The monoisotopic (exact) mass is 188 g/mol. The van der Waals surface area contributed by atoms with Gasteiger partial charge in [0.05, 0.1) is 0 Å². The van der Waals surface area contributed by atoms with Crippen molar-refractivity contribution in [3.05, 3.63) is 0 Å². The first-order valence-electron chi connectivity index (χ1n) is 1.99. The summed E-state index contributed by atoms with van der Waals surface area (Å²) in [6.45, 7) is 4.54. The third-order valence-corrected chi connectivity index (χ3v) is 2.74. The molecule has 0 rings (SSSR count).